The first kappa shape index (κ1) is 21.1. The molecular formula is C23H19N3O7. The van der Waals surface area contributed by atoms with Crippen molar-refractivity contribution in [3.63, 3.8) is 0 Å². The van der Waals surface area contributed by atoms with Crippen LogP contribution in [0.25, 0.3) is 11.1 Å². The van der Waals surface area contributed by atoms with Crippen LogP contribution < -0.4 is 5.73 Å². The van der Waals surface area contributed by atoms with Crippen LogP contribution in [0.15, 0.2) is 30.9 Å². The summed E-state index contributed by atoms with van der Waals surface area (Å²) in [4.78, 5) is 71.9. The Labute approximate surface area is 186 Å². The third-order valence-electron chi connectivity index (χ3n) is 7.16. The van der Waals surface area contributed by atoms with Gasteiger partial charge in [-0.05, 0) is 36.0 Å². The number of hydrogen-bond acceptors (Lipinski definition) is 9. The number of fused-ring (bicyclic) bond motifs is 3. The standard InChI is InChI=1S/C23H19N3O7/c24-22(32)18-15(28)5-11-3-9-4-13-12(10-6-25-8-26-7-10)1-2-14(27)17(13)19(29)16(9)20(30)23(11,33)21(18)31/h1-2,6-9,11,16,18,27,33H,3-5H2,(H2,24,32)/t9-,11+,16?,18?,23+/m1/s1. The molecule has 0 bridgehead atoms. The van der Waals surface area contributed by atoms with Gasteiger partial charge in [0.2, 0.25) is 5.91 Å². The molecule has 2 saturated carbocycles. The number of hydrogen-bond donors (Lipinski definition) is 3. The second-order valence-corrected chi connectivity index (χ2v) is 8.85. The predicted octanol–water partition coefficient (Wildman–Crippen LogP) is -0.216. The highest BCUT2D eigenvalue weighted by molar-refractivity contribution is 6.31. The summed E-state index contributed by atoms with van der Waals surface area (Å²) in [5.41, 5.74) is 4.22. The summed E-state index contributed by atoms with van der Waals surface area (Å²) < 4.78 is 0. The number of carbonyl (C=O) groups excluding carboxylic acids is 5. The number of nitrogens with zero attached hydrogens (tertiary/aromatic N) is 2. The zero-order chi connectivity index (χ0) is 23.7. The van der Waals surface area contributed by atoms with Crippen LogP contribution in [0.3, 0.4) is 0 Å². The first-order chi connectivity index (χ1) is 15.7. The molecule has 1 aromatic carbocycles. The summed E-state index contributed by atoms with van der Waals surface area (Å²) in [7, 11) is 0. The van der Waals surface area contributed by atoms with Crippen LogP contribution >= 0.6 is 0 Å². The molecule has 0 radical (unpaired) electrons. The Balaban J connectivity index is 1.62. The summed E-state index contributed by atoms with van der Waals surface area (Å²) in [6.07, 6.45) is 4.35. The molecule has 3 aliphatic carbocycles. The number of Topliss-reactive ketones (excluding diaryl/α,β-unsaturated/α-hetero) is 4. The monoisotopic (exact) mass is 449 g/mol. The Morgan fingerprint density at radius 1 is 1.06 bits per heavy atom. The molecule has 10 nitrogen and oxygen atoms in total. The number of primary amides is 1. The van der Waals surface area contributed by atoms with Crippen molar-refractivity contribution in [2.45, 2.75) is 24.9 Å². The molecule has 1 amide bonds. The molecule has 3 aliphatic rings. The van der Waals surface area contributed by atoms with E-state index in [4.69, 9.17) is 5.73 Å². The third-order valence-corrected chi connectivity index (χ3v) is 7.16. The third kappa shape index (κ3) is 2.80. The predicted molar refractivity (Wildman–Crippen MR) is 110 cm³/mol. The van der Waals surface area contributed by atoms with Gasteiger partial charge in [-0.3, -0.25) is 24.0 Å². The summed E-state index contributed by atoms with van der Waals surface area (Å²) >= 11 is 0. The van der Waals surface area contributed by atoms with E-state index in [0.717, 1.165) is 0 Å². The molecule has 2 aromatic rings. The van der Waals surface area contributed by atoms with Crippen LogP contribution in [0.1, 0.15) is 28.8 Å². The van der Waals surface area contributed by atoms with Gasteiger partial charge in [0.15, 0.2) is 34.7 Å². The highest BCUT2D eigenvalue weighted by Gasteiger charge is 2.66. The lowest BCUT2D eigenvalue weighted by Crippen LogP contribution is -2.68. The lowest BCUT2D eigenvalue weighted by atomic mass is 9.53. The van der Waals surface area contributed by atoms with Crippen molar-refractivity contribution >= 4 is 29.0 Å². The lowest BCUT2D eigenvalue weighted by molar-refractivity contribution is -0.175. The van der Waals surface area contributed by atoms with E-state index in [1.54, 1.807) is 18.5 Å². The van der Waals surface area contributed by atoms with Gasteiger partial charge in [0.1, 0.15) is 12.1 Å². The number of ketones is 4. The Hall–Kier alpha value is -3.79. The van der Waals surface area contributed by atoms with Crippen molar-refractivity contribution in [2.24, 2.45) is 29.4 Å². The van der Waals surface area contributed by atoms with Crippen molar-refractivity contribution in [1.82, 2.24) is 9.97 Å². The van der Waals surface area contributed by atoms with E-state index in [0.29, 0.717) is 16.7 Å². The Morgan fingerprint density at radius 3 is 2.42 bits per heavy atom. The number of nitrogens with two attached hydrogens (primary N) is 1. The highest BCUT2D eigenvalue weighted by atomic mass is 16.3. The largest absolute Gasteiger partial charge is 0.507 e. The van der Waals surface area contributed by atoms with Gasteiger partial charge >= 0.3 is 0 Å². The van der Waals surface area contributed by atoms with Crippen LogP contribution in [-0.2, 0) is 25.6 Å². The number of rotatable bonds is 2. The maximum absolute atomic E-state index is 13.5. The maximum atomic E-state index is 13.5. The van der Waals surface area contributed by atoms with Crippen LogP contribution in [0.4, 0.5) is 0 Å². The zero-order valence-corrected chi connectivity index (χ0v) is 17.2. The van der Waals surface area contributed by atoms with Crippen molar-refractivity contribution < 1.29 is 34.2 Å². The van der Waals surface area contributed by atoms with E-state index in [-0.39, 0.29) is 30.6 Å². The van der Waals surface area contributed by atoms with Crippen molar-refractivity contribution in [2.75, 3.05) is 0 Å². The number of amides is 1. The molecule has 4 N–H and O–H groups in total. The minimum absolute atomic E-state index is 0.0431. The van der Waals surface area contributed by atoms with E-state index in [1.807, 2.05) is 0 Å². The van der Waals surface area contributed by atoms with Crippen molar-refractivity contribution in [1.29, 1.82) is 0 Å². The first-order valence-electron chi connectivity index (χ1n) is 10.4. The molecule has 1 aromatic heterocycles. The Kier molecular flexibility index (Phi) is 4.54. The second-order valence-electron chi connectivity index (χ2n) is 8.85. The minimum atomic E-state index is -2.65. The van der Waals surface area contributed by atoms with Gasteiger partial charge in [0.25, 0.3) is 0 Å². The maximum Gasteiger partial charge on any atom is 0.235 e. The van der Waals surface area contributed by atoms with Crippen molar-refractivity contribution in [3.8, 4) is 16.9 Å². The molecule has 10 heteroatoms. The smallest absolute Gasteiger partial charge is 0.235 e. The highest BCUT2D eigenvalue weighted by Crippen LogP contribution is 2.50. The number of aromatic hydroxyl groups is 1. The fraction of sp³-hybridized carbons (Fsp3) is 0.348. The zero-order valence-electron chi connectivity index (χ0n) is 17.2. The van der Waals surface area contributed by atoms with Gasteiger partial charge < -0.3 is 15.9 Å². The topological polar surface area (TPSA) is 178 Å². The molecule has 168 valence electrons. The second kappa shape index (κ2) is 7.11. The Morgan fingerprint density at radius 2 is 1.76 bits per heavy atom. The summed E-state index contributed by atoms with van der Waals surface area (Å²) in [6, 6.07) is 2.96. The fourth-order valence-electron chi connectivity index (χ4n) is 5.68. The van der Waals surface area contributed by atoms with Gasteiger partial charge in [-0.25, -0.2) is 9.97 Å². The van der Waals surface area contributed by atoms with E-state index in [2.05, 4.69) is 9.97 Å². The van der Waals surface area contributed by atoms with Crippen LogP contribution in [0.5, 0.6) is 5.75 Å². The van der Waals surface area contributed by atoms with Gasteiger partial charge in [-0.1, -0.05) is 6.07 Å². The van der Waals surface area contributed by atoms with E-state index < -0.39 is 58.3 Å². The molecule has 5 rings (SSSR count). The van der Waals surface area contributed by atoms with E-state index >= 15 is 0 Å². The molecule has 2 unspecified atom stereocenters. The minimum Gasteiger partial charge on any atom is -0.507 e. The molecule has 1 heterocycles. The SMILES string of the molecule is NC(=O)C1C(=O)C[C@@H]2C[C@@H]3Cc4c(-c5cncnc5)ccc(O)c4C(=O)C3C(=O)[C@]2(O)C1=O. The quantitative estimate of drug-likeness (QED) is 0.523. The van der Waals surface area contributed by atoms with Gasteiger partial charge in [0.05, 0.1) is 11.5 Å². The number of phenols is 1. The van der Waals surface area contributed by atoms with Gasteiger partial charge in [-0.2, -0.15) is 0 Å². The Bertz CT molecular complexity index is 1260. The molecule has 5 atom stereocenters. The van der Waals surface area contributed by atoms with Crippen LogP contribution in [-0.4, -0.2) is 54.8 Å². The lowest BCUT2D eigenvalue weighted by Gasteiger charge is -2.48. The van der Waals surface area contributed by atoms with E-state index in [9.17, 15) is 34.2 Å². The average Bonchev–Trinajstić information content (AvgIpc) is 2.76. The molecule has 2 fully saturated rings. The molecule has 33 heavy (non-hydrogen) atoms. The van der Waals surface area contributed by atoms with E-state index in [1.165, 1.54) is 12.4 Å². The first-order valence-corrected chi connectivity index (χ1v) is 10.4. The molecule has 0 spiro atoms. The number of aromatic nitrogens is 2. The summed E-state index contributed by atoms with van der Waals surface area (Å²) in [6.45, 7) is 0. The average molecular weight is 449 g/mol. The molecular weight excluding hydrogens is 430 g/mol. The van der Waals surface area contributed by atoms with Crippen LogP contribution in [0.2, 0.25) is 0 Å². The normalized spacial score (nSPS) is 30.9. The van der Waals surface area contributed by atoms with Crippen LogP contribution in [0, 0.1) is 23.7 Å². The number of benzene rings is 1. The number of phenolic OH excluding ortho intramolecular Hbond substituents is 1. The molecule has 0 aliphatic heterocycles. The van der Waals surface area contributed by atoms with Gasteiger partial charge in [-0.15, -0.1) is 0 Å². The molecule has 0 saturated heterocycles. The summed E-state index contributed by atoms with van der Waals surface area (Å²) in [5.74, 6) is -10.3. The summed E-state index contributed by atoms with van der Waals surface area (Å²) in [5, 5.41) is 21.7. The number of aliphatic hydroxyl groups is 1. The van der Waals surface area contributed by atoms with Crippen molar-refractivity contribution in [3.05, 3.63) is 42.0 Å². The van der Waals surface area contributed by atoms with Gasteiger partial charge in [0, 0.05) is 30.3 Å². The number of carbonyl (C=O) groups is 5. The fourth-order valence-corrected chi connectivity index (χ4v) is 5.68.